The highest BCUT2D eigenvalue weighted by atomic mass is 16.2. The summed E-state index contributed by atoms with van der Waals surface area (Å²) in [7, 11) is 0. The summed E-state index contributed by atoms with van der Waals surface area (Å²) in [5.41, 5.74) is 7.38. The zero-order valence-corrected chi connectivity index (χ0v) is 14.1. The Hall–Kier alpha value is -2.37. The van der Waals surface area contributed by atoms with Gasteiger partial charge >= 0.3 is 0 Å². The van der Waals surface area contributed by atoms with Crippen molar-refractivity contribution < 1.29 is 14.4 Å². The van der Waals surface area contributed by atoms with Crippen LogP contribution in [0.4, 0.5) is 0 Å². The maximum absolute atomic E-state index is 12.4. The molecule has 23 heavy (non-hydrogen) atoms. The van der Waals surface area contributed by atoms with Crippen molar-refractivity contribution in [2.75, 3.05) is 0 Å². The van der Waals surface area contributed by atoms with Gasteiger partial charge in [0.2, 0.25) is 17.7 Å². The van der Waals surface area contributed by atoms with Crippen molar-refractivity contribution in [3.8, 4) is 0 Å². The van der Waals surface area contributed by atoms with Gasteiger partial charge in [0.1, 0.15) is 12.1 Å². The fraction of sp³-hybridized carbons (Fsp3) is 0.471. The lowest BCUT2D eigenvalue weighted by Crippen LogP contribution is -2.55. The number of hydrogen-bond acceptors (Lipinski definition) is 3. The number of carbonyl (C=O) groups is 3. The molecule has 4 N–H and O–H groups in total. The lowest BCUT2D eigenvalue weighted by atomic mass is 10.0. The molecule has 0 aliphatic rings. The Bertz CT molecular complexity index is 584. The third-order valence-electron chi connectivity index (χ3n) is 3.49. The van der Waals surface area contributed by atoms with Gasteiger partial charge in [-0.05, 0) is 18.4 Å². The van der Waals surface area contributed by atoms with E-state index in [9.17, 15) is 14.4 Å². The minimum atomic E-state index is -0.820. The summed E-state index contributed by atoms with van der Waals surface area (Å²) < 4.78 is 0. The average molecular weight is 319 g/mol. The fourth-order valence-electron chi connectivity index (χ4n) is 2.31. The van der Waals surface area contributed by atoms with Gasteiger partial charge in [0, 0.05) is 13.3 Å². The van der Waals surface area contributed by atoms with Gasteiger partial charge in [0.05, 0.1) is 0 Å². The van der Waals surface area contributed by atoms with Crippen LogP contribution in [0.15, 0.2) is 24.3 Å². The number of aryl methyl sites for hydroxylation is 1. The maximum Gasteiger partial charge on any atom is 0.243 e. The largest absolute Gasteiger partial charge is 0.368 e. The molecule has 0 saturated heterocycles. The lowest BCUT2D eigenvalue weighted by molar-refractivity contribution is -0.131. The Morgan fingerprint density at radius 2 is 1.83 bits per heavy atom. The van der Waals surface area contributed by atoms with Gasteiger partial charge in [-0.1, -0.05) is 43.7 Å². The van der Waals surface area contributed by atoms with E-state index in [0.29, 0.717) is 6.42 Å². The van der Waals surface area contributed by atoms with Crippen LogP contribution in [0.3, 0.4) is 0 Å². The zero-order chi connectivity index (χ0) is 17.6. The first-order chi connectivity index (χ1) is 10.7. The summed E-state index contributed by atoms with van der Waals surface area (Å²) in [6, 6.07) is 6.14. The third-order valence-corrected chi connectivity index (χ3v) is 3.49. The summed E-state index contributed by atoms with van der Waals surface area (Å²) in [6.45, 7) is 6.94. The number of carbonyl (C=O) groups excluding carboxylic acids is 3. The van der Waals surface area contributed by atoms with Gasteiger partial charge in [0.15, 0.2) is 0 Å². The first-order valence-electron chi connectivity index (χ1n) is 7.63. The minimum Gasteiger partial charge on any atom is -0.368 e. The topological polar surface area (TPSA) is 101 Å². The molecule has 0 radical (unpaired) electrons. The number of hydrogen-bond donors (Lipinski definition) is 3. The van der Waals surface area contributed by atoms with Crippen molar-refractivity contribution in [3.05, 3.63) is 35.4 Å². The van der Waals surface area contributed by atoms with Crippen LogP contribution in [0.1, 0.15) is 31.9 Å². The van der Waals surface area contributed by atoms with Gasteiger partial charge in [-0.25, -0.2) is 0 Å². The van der Waals surface area contributed by atoms with Crippen LogP contribution in [0.2, 0.25) is 0 Å². The molecule has 0 unspecified atom stereocenters. The van der Waals surface area contributed by atoms with Crippen LogP contribution in [0, 0.1) is 12.8 Å². The molecule has 0 fully saturated rings. The molecule has 0 heterocycles. The Labute approximate surface area is 136 Å². The molecule has 1 aromatic rings. The van der Waals surface area contributed by atoms with E-state index in [1.54, 1.807) is 0 Å². The van der Waals surface area contributed by atoms with E-state index in [4.69, 9.17) is 5.73 Å². The Balaban J connectivity index is 2.84. The molecule has 0 aliphatic carbocycles. The van der Waals surface area contributed by atoms with Crippen LogP contribution >= 0.6 is 0 Å². The normalized spacial score (nSPS) is 13.3. The predicted molar refractivity (Wildman–Crippen MR) is 88.5 cm³/mol. The number of rotatable bonds is 7. The molecule has 6 nitrogen and oxygen atoms in total. The molecule has 0 saturated carbocycles. The summed E-state index contributed by atoms with van der Waals surface area (Å²) in [6.07, 6.45) is 0.313. The van der Waals surface area contributed by atoms with E-state index in [0.717, 1.165) is 11.1 Å². The number of benzene rings is 1. The molecule has 0 bridgehead atoms. The molecule has 0 aromatic heterocycles. The quantitative estimate of drug-likeness (QED) is 0.688. The van der Waals surface area contributed by atoms with E-state index < -0.39 is 23.9 Å². The molecule has 126 valence electrons. The number of primary amides is 1. The second kappa shape index (κ2) is 8.31. The van der Waals surface area contributed by atoms with Crippen LogP contribution in [0.25, 0.3) is 0 Å². The highest BCUT2D eigenvalue weighted by molar-refractivity contribution is 5.91. The number of amides is 3. The zero-order valence-electron chi connectivity index (χ0n) is 14.1. The van der Waals surface area contributed by atoms with Crippen molar-refractivity contribution in [1.82, 2.24) is 10.6 Å². The molecule has 0 aliphatic heterocycles. The van der Waals surface area contributed by atoms with E-state index in [2.05, 4.69) is 10.6 Å². The van der Waals surface area contributed by atoms with Crippen LogP contribution in [-0.2, 0) is 20.8 Å². The summed E-state index contributed by atoms with van der Waals surface area (Å²) in [5, 5.41) is 5.24. The predicted octanol–water partition coefficient (Wildman–Crippen LogP) is 0.668. The SMILES string of the molecule is CC(=O)N[C@@H](C(=O)N[C@H](Cc1cccc(C)c1)C(N)=O)C(C)C. The molecule has 1 rings (SSSR count). The molecule has 2 atom stereocenters. The van der Waals surface area contributed by atoms with Crippen molar-refractivity contribution in [2.45, 2.75) is 46.2 Å². The van der Waals surface area contributed by atoms with Gasteiger partial charge in [-0.3, -0.25) is 14.4 Å². The van der Waals surface area contributed by atoms with E-state index in [-0.39, 0.29) is 11.8 Å². The van der Waals surface area contributed by atoms with Crippen LogP contribution in [0.5, 0.6) is 0 Å². The molecule has 6 heteroatoms. The Morgan fingerprint density at radius 3 is 2.30 bits per heavy atom. The van der Waals surface area contributed by atoms with E-state index >= 15 is 0 Å². The van der Waals surface area contributed by atoms with E-state index in [1.165, 1.54) is 6.92 Å². The molecule has 3 amide bonds. The maximum atomic E-state index is 12.4. The summed E-state index contributed by atoms with van der Waals surface area (Å²) >= 11 is 0. The first kappa shape index (κ1) is 18.7. The highest BCUT2D eigenvalue weighted by Crippen LogP contribution is 2.08. The lowest BCUT2D eigenvalue weighted by Gasteiger charge is -2.24. The van der Waals surface area contributed by atoms with Crippen molar-refractivity contribution >= 4 is 17.7 Å². The number of nitrogens with one attached hydrogen (secondary N) is 2. The van der Waals surface area contributed by atoms with Crippen molar-refractivity contribution in [2.24, 2.45) is 11.7 Å². The Morgan fingerprint density at radius 1 is 1.17 bits per heavy atom. The van der Waals surface area contributed by atoms with Gasteiger partial charge in [0.25, 0.3) is 0 Å². The smallest absolute Gasteiger partial charge is 0.243 e. The van der Waals surface area contributed by atoms with Gasteiger partial charge < -0.3 is 16.4 Å². The third kappa shape index (κ3) is 6.10. The Kier molecular flexibility index (Phi) is 6.75. The van der Waals surface area contributed by atoms with Gasteiger partial charge in [-0.2, -0.15) is 0 Å². The van der Waals surface area contributed by atoms with Crippen LogP contribution in [-0.4, -0.2) is 29.8 Å². The average Bonchev–Trinajstić information content (AvgIpc) is 2.43. The standard InChI is InChI=1S/C17H25N3O3/c1-10(2)15(19-12(4)21)17(23)20-14(16(18)22)9-13-7-5-6-11(3)8-13/h5-8,10,14-15H,9H2,1-4H3,(H2,18,22)(H,19,21)(H,20,23)/t14-,15-/m1/s1. The monoisotopic (exact) mass is 319 g/mol. The molecular weight excluding hydrogens is 294 g/mol. The van der Waals surface area contributed by atoms with Crippen molar-refractivity contribution in [3.63, 3.8) is 0 Å². The second-order valence-corrected chi connectivity index (χ2v) is 6.08. The first-order valence-corrected chi connectivity index (χ1v) is 7.63. The van der Waals surface area contributed by atoms with Crippen molar-refractivity contribution in [1.29, 1.82) is 0 Å². The second-order valence-electron chi connectivity index (χ2n) is 6.08. The molecule has 1 aromatic carbocycles. The number of nitrogens with two attached hydrogens (primary N) is 1. The summed E-state index contributed by atoms with van der Waals surface area (Å²) in [4.78, 5) is 35.2. The highest BCUT2D eigenvalue weighted by Gasteiger charge is 2.27. The van der Waals surface area contributed by atoms with E-state index in [1.807, 2.05) is 45.0 Å². The van der Waals surface area contributed by atoms with Crippen LogP contribution < -0.4 is 16.4 Å². The van der Waals surface area contributed by atoms with Gasteiger partial charge in [-0.15, -0.1) is 0 Å². The molecular formula is C17H25N3O3. The molecule has 0 spiro atoms. The fourth-order valence-corrected chi connectivity index (χ4v) is 2.31. The minimum absolute atomic E-state index is 0.105. The summed E-state index contributed by atoms with van der Waals surface area (Å²) in [5.74, 6) is -1.42.